The summed E-state index contributed by atoms with van der Waals surface area (Å²) in [5.41, 5.74) is 5.87. The minimum atomic E-state index is -0.927. The molecule has 4 unspecified atom stereocenters. The molecular formula is C79H106O26. The van der Waals surface area contributed by atoms with Crippen LogP contribution in [0.15, 0.2) is 34.9 Å². The van der Waals surface area contributed by atoms with E-state index in [1.165, 1.54) is 76.2 Å². The minimum absolute atomic E-state index is 0.130. The molecule has 16 rings (SSSR count). The smallest absolute Gasteiger partial charge is 0.373 e. The molecule has 0 aromatic carbocycles. The van der Waals surface area contributed by atoms with E-state index in [1.807, 2.05) is 26.8 Å². The lowest BCUT2D eigenvalue weighted by molar-refractivity contribution is -0.225. The number of Topliss-reactive ketones (excluding diaryl/α,β-unsaturated/α-hetero) is 1. The summed E-state index contributed by atoms with van der Waals surface area (Å²) in [5, 5.41) is 18.8. The van der Waals surface area contributed by atoms with E-state index >= 15 is 0 Å². The van der Waals surface area contributed by atoms with Gasteiger partial charge in [-0.1, -0.05) is 70.4 Å². The SMILES string of the molecule is CC(=O)[C@H]1CC[C@H]2[C@@H]3CC=C4CC5(CC[C@]4(C)[C@H]3CC[C@]12C)OCCO5.CC1([C@H]2CC[C@H]3[C@@H]4CC=C5CC6(CC[C@]5(C)[C@H]4CC[C@]23C)OCCO6)OCC(C(=O)O)O1.CC1([C@H]2CC[C@H]3[C@@H]4CCC5=CC(=O)CC[C@]5(C)[C@H]4CC[C@]23C)OCC(C(=O)O)O1.O=C=O.O=C=O.O=C=O.O=C=O.O=C=O.O=C=O. The molecule has 0 bridgehead atoms. The van der Waals surface area contributed by atoms with E-state index in [0.717, 1.165) is 121 Å². The molecular weight excluding hydrogens is 1360 g/mol. The molecule has 0 amide bonds. The fraction of sp³-hybridized carbons (Fsp3) is 0.797. The van der Waals surface area contributed by atoms with E-state index in [-0.39, 0.29) is 101 Å². The van der Waals surface area contributed by atoms with Gasteiger partial charge < -0.3 is 48.1 Å². The Balaban J connectivity index is 0.000000179. The van der Waals surface area contributed by atoms with Crippen LogP contribution < -0.4 is 0 Å². The number of aliphatic carboxylic acids is 2. The summed E-state index contributed by atoms with van der Waals surface area (Å²) in [4.78, 5) is 145. The Morgan fingerprint density at radius 1 is 0.400 bits per heavy atom. The van der Waals surface area contributed by atoms with Crippen LogP contribution in [0.25, 0.3) is 0 Å². The van der Waals surface area contributed by atoms with Crippen LogP contribution >= 0.6 is 0 Å². The Kier molecular flexibility index (Phi) is 27.2. The van der Waals surface area contributed by atoms with Gasteiger partial charge in [0.05, 0.1) is 39.6 Å². The summed E-state index contributed by atoms with van der Waals surface area (Å²) >= 11 is 0. The molecule has 0 radical (unpaired) electrons. The number of allylic oxidation sites excluding steroid dienone is 3. The monoisotopic (exact) mass is 1470 g/mol. The minimum Gasteiger partial charge on any atom is -0.479 e. The summed E-state index contributed by atoms with van der Waals surface area (Å²) in [5.74, 6) is 3.77. The van der Waals surface area contributed by atoms with Crippen LogP contribution in [0.4, 0.5) is 0 Å². The van der Waals surface area contributed by atoms with Crippen molar-refractivity contribution >= 4 is 60.4 Å². The Hall–Kier alpha value is -6.54. The van der Waals surface area contributed by atoms with Crippen molar-refractivity contribution in [1.29, 1.82) is 0 Å². The van der Waals surface area contributed by atoms with Gasteiger partial charge in [-0.2, -0.15) is 57.5 Å². The van der Waals surface area contributed by atoms with Crippen molar-refractivity contribution in [2.75, 3.05) is 39.6 Å². The average Bonchev–Trinajstić information content (AvgIpc) is 1.69. The Morgan fingerprint density at radius 2 is 0.752 bits per heavy atom. The first-order valence-electron chi connectivity index (χ1n) is 37.5. The Labute approximate surface area is 612 Å². The predicted molar refractivity (Wildman–Crippen MR) is 354 cm³/mol. The van der Waals surface area contributed by atoms with Crippen LogP contribution in [0.1, 0.15) is 216 Å². The molecule has 9 saturated carbocycles. The molecule has 105 heavy (non-hydrogen) atoms. The molecule has 12 aliphatic carbocycles. The highest BCUT2D eigenvalue weighted by molar-refractivity contribution is 5.91. The van der Waals surface area contributed by atoms with E-state index in [2.05, 4.69) is 53.7 Å². The summed E-state index contributed by atoms with van der Waals surface area (Å²) in [6.07, 6.45) is 33.6. The number of hydrogen-bond acceptors (Lipinski definition) is 24. The topological polar surface area (TPSA) is 387 Å². The van der Waals surface area contributed by atoms with Crippen LogP contribution in [0.2, 0.25) is 0 Å². The quantitative estimate of drug-likeness (QED) is 0.241. The first-order chi connectivity index (χ1) is 49.7. The van der Waals surface area contributed by atoms with Gasteiger partial charge in [0.15, 0.2) is 41.1 Å². The van der Waals surface area contributed by atoms with Gasteiger partial charge >= 0.3 is 48.8 Å². The van der Waals surface area contributed by atoms with Crippen molar-refractivity contribution in [3.63, 3.8) is 0 Å². The third kappa shape index (κ3) is 16.0. The number of ether oxygens (including phenoxy) is 8. The van der Waals surface area contributed by atoms with Gasteiger partial charge in [-0.15, -0.1) is 0 Å². The van der Waals surface area contributed by atoms with Gasteiger partial charge in [-0.3, -0.25) is 9.59 Å². The largest absolute Gasteiger partial charge is 0.479 e. The molecule has 26 nitrogen and oxygen atoms in total. The molecule has 0 aromatic heterocycles. The molecule has 16 aliphatic rings. The second-order valence-electron chi connectivity index (χ2n) is 33.7. The molecule has 4 aliphatic heterocycles. The van der Waals surface area contributed by atoms with Gasteiger partial charge in [0.1, 0.15) is 5.78 Å². The third-order valence-electron chi connectivity index (χ3n) is 29.9. The number of carbonyl (C=O) groups excluding carboxylic acids is 14. The fourth-order valence-corrected chi connectivity index (χ4v) is 25.4. The lowest BCUT2D eigenvalue weighted by Gasteiger charge is -2.59. The fourth-order valence-electron chi connectivity index (χ4n) is 25.4. The van der Waals surface area contributed by atoms with Crippen molar-refractivity contribution in [2.24, 2.45) is 104 Å². The highest BCUT2D eigenvalue weighted by Crippen LogP contribution is 2.72. The molecule has 578 valence electrons. The van der Waals surface area contributed by atoms with Crippen molar-refractivity contribution in [2.45, 2.75) is 252 Å². The van der Waals surface area contributed by atoms with Crippen molar-refractivity contribution in [3.05, 3.63) is 34.9 Å². The molecule has 22 atom stereocenters. The zero-order valence-electron chi connectivity index (χ0n) is 62.2. The Bertz CT molecular complexity index is 3380. The lowest BCUT2D eigenvalue weighted by Crippen LogP contribution is -2.54. The Morgan fingerprint density at radius 3 is 1.13 bits per heavy atom. The number of rotatable bonds is 5. The first kappa shape index (κ1) is 84.1. The average molecular weight is 1470 g/mol. The summed E-state index contributed by atoms with van der Waals surface area (Å²) in [6, 6.07) is 0. The molecule has 0 aromatic rings. The molecule has 13 fully saturated rings. The molecule has 4 heterocycles. The predicted octanol–water partition coefficient (Wildman–Crippen LogP) is 10.3. The first-order valence-corrected chi connectivity index (χ1v) is 37.5. The molecule has 26 heteroatoms. The summed E-state index contributed by atoms with van der Waals surface area (Å²) < 4.78 is 48.3. The number of carboxylic acids is 2. The van der Waals surface area contributed by atoms with E-state index in [0.29, 0.717) is 64.8 Å². The summed E-state index contributed by atoms with van der Waals surface area (Å²) in [7, 11) is 0. The lowest BCUT2D eigenvalue weighted by atomic mass is 9.46. The van der Waals surface area contributed by atoms with Crippen LogP contribution in [0, 0.1) is 104 Å². The van der Waals surface area contributed by atoms with Gasteiger partial charge in [0, 0.05) is 49.9 Å². The third-order valence-corrected chi connectivity index (χ3v) is 29.9. The van der Waals surface area contributed by atoms with E-state index in [4.69, 9.17) is 95.4 Å². The second kappa shape index (κ2) is 33.9. The highest BCUT2D eigenvalue weighted by Gasteiger charge is 2.68. The second-order valence-corrected chi connectivity index (χ2v) is 33.7. The maximum absolute atomic E-state index is 12.3. The number of fused-ring (bicyclic) bond motifs is 15. The summed E-state index contributed by atoms with van der Waals surface area (Å²) in [6.45, 7) is 23.8. The van der Waals surface area contributed by atoms with E-state index < -0.39 is 35.7 Å². The van der Waals surface area contributed by atoms with Gasteiger partial charge in [-0.25, -0.2) is 9.59 Å². The van der Waals surface area contributed by atoms with Crippen LogP contribution in [-0.4, -0.2) is 146 Å². The number of ketones is 2. The van der Waals surface area contributed by atoms with Crippen molar-refractivity contribution in [1.82, 2.24) is 0 Å². The van der Waals surface area contributed by atoms with Gasteiger partial charge in [0.25, 0.3) is 0 Å². The number of hydrogen-bond donors (Lipinski definition) is 2. The van der Waals surface area contributed by atoms with E-state index in [1.54, 1.807) is 11.1 Å². The van der Waals surface area contributed by atoms with Gasteiger partial charge in [-0.05, 0) is 235 Å². The normalized spacial score (nSPS) is 42.7. The number of carbonyl (C=O) groups is 4. The van der Waals surface area contributed by atoms with Crippen LogP contribution in [-0.2, 0) is 115 Å². The van der Waals surface area contributed by atoms with Gasteiger partial charge in [0.2, 0.25) is 0 Å². The van der Waals surface area contributed by atoms with Crippen LogP contribution in [0.5, 0.6) is 0 Å². The standard InChI is InChI=1S/C26H38O6.C24H34O5.C23H34O3.6CO2/c1-23-10-11-26(29-12-13-30-26)14-16(23)4-5-17-18-6-7-21(24(18,2)9-8-19(17)23)25(3)31-15-20(32-25)22(27)28;1-22-10-8-15(25)12-14(22)4-5-16-17-6-7-20(23(17,2)11-9-18(16)22)24(3)28-13-19(29-24)21(26)27;1-15(24)18-6-7-19-17-5-4-16-14-23(25-12-13-26-23)11-10-21(16,2)20(17)8-9-22(18,19)3;6*2-1-3/h4,17-21H,5-15H2,1-3H3,(H,27,28);12,16-20H,4-11,13H2,1-3H3,(H,26,27);4,17-20H,5-14H2,1-3H3;;;;;;/t17-,18-,19-,20?,21-,23-,24-,25?;16-,17-,18-,19?,20-,22-,23-,24?;17-,18+,19-,20-,21-,22+;;;;;;/m000....../s1. The zero-order valence-corrected chi connectivity index (χ0v) is 62.2. The maximum atomic E-state index is 12.3. The number of carboxylic acid groups (broad SMARTS) is 2. The molecule has 4 saturated heterocycles. The van der Waals surface area contributed by atoms with Crippen molar-refractivity contribution in [3.8, 4) is 0 Å². The molecule has 2 spiro atoms. The molecule has 2 N–H and O–H groups in total. The van der Waals surface area contributed by atoms with E-state index in [9.17, 15) is 29.4 Å². The zero-order chi connectivity index (χ0) is 77.4. The maximum Gasteiger partial charge on any atom is 0.373 e. The highest BCUT2D eigenvalue weighted by atomic mass is 16.8. The van der Waals surface area contributed by atoms with Crippen LogP contribution in [0.3, 0.4) is 0 Å². The van der Waals surface area contributed by atoms with Crippen molar-refractivity contribution < 1.29 is 125 Å².